The highest BCUT2D eigenvalue weighted by molar-refractivity contribution is 7.89. The molecular formula is C29H32N4O6S. The average Bonchev–Trinajstić information content (AvgIpc) is 3.45. The molecule has 1 fully saturated rings. The lowest BCUT2D eigenvalue weighted by Crippen LogP contribution is -2.60. The Bertz CT molecular complexity index is 1470. The molecule has 0 saturated heterocycles. The van der Waals surface area contributed by atoms with Gasteiger partial charge < -0.3 is 15.7 Å². The lowest BCUT2D eigenvalue weighted by Gasteiger charge is -2.37. The number of anilines is 1. The monoisotopic (exact) mass is 564 g/mol. The molecule has 1 aliphatic rings. The first-order chi connectivity index (χ1) is 19.0. The third-order valence-corrected chi connectivity index (χ3v) is 9.27. The summed E-state index contributed by atoms with van der Waals surface area (Å²) in [5.74, 6) is -2.17. The fourth-order valence-corrected chi connectivity index (χ4v) is 6.42. The van der Waals surface area contributed by atoms with E-state index in [1.807, 2.05) is 6.92 Å². The molecule has 0 unspecified atom stereocenters. The smallest absolute Gasteiger partial charge is 0.326 e. The first kappa shape index (κ1) is 28.9. The lowest BCUT2D eigenvalue weighted by atomic mass is 9.95. The Labute approximate surface area is 233 Å². The van der Waals surface area contributed by atoms with E-state index in [0.717, 1.165) is 9.87 Å². The van der Waals surface area contributed by atoms with E-state index >= 15 is 0 Å². The standard InChI is InChI=1S/C29H32N4O6S/c1-20-5-11-24(12-6-20)40(38,39)33(2)29(15-3-4-16-29)28(37)32-25(27(35)36)19-21-7-9-23(10-8-21)31-26(34)22-13-17-30-18-14-22/h5-14,17-18,25H,3-4,15-16,19H2,1-2H3,(H,31,34)(H,32,37)(H,35,36)/t25-/m0/s1. The summed E-state index contributed by atoms with van der Waals surface area (Å²) in [5, 5.41) is 15.3. The van der Waals surface area contributed by atoms with Crippen LogP contribution >= 0.6 is 0 Å². The molecule has 2 amide bonds. The number of carboxylic acids is 1. The highest BCUT2D eigenvalue weighted by Gasteiger charge is 2.50. The number of carbonyl (C=O) groups excluding carboxylic acids is 2. The van der Waals surface area contributed by atoms with Crippen LogP contribution in [0.1, 0.15) is 47.2 Å². The third kappa shape index (κ3) is 6.21. The SMILES string of the molecule is Cc1ccc(S(=O)(=O)N(C)C2(C(=O)N[C@@H](Cc3ccc(NC(=O)c4ccncc4)cc3)C(=O)O)CCCC2)cc1. The number of sulfonamides is 1. The third-order valence-electron chi connectivity index (χ3n) is 7.33. The summed E-state index contributed by atoms with van der Waals surface area (Å²) in [6, 6.07) is 14.9. The molecule has 1 saturated carbocycles. The summed E-state index contributed by atoms with van der Waals surface area (Å²) < 4.78 is 28.0. The van der Waals surface area contributed by atoms with Crippen LogP contribution in [0.15, 0.2) is 78.0 Å². The highest BCUT2D eigenvalue weighted by Crippen LogP contribution is 2.38. The van der Waals surface area contributed by atoms with Gasteiger partial charge in [-0.15, -0.1) is 0 Å². The molecule has 1 atom stereocenters. The Morgan fingerprint density at radius 1 is 0.975 bits per heavy atom. The summed E-state index contributed by atoms with van der Waals surface area (Å²) in [6.07, 6.45) is 4.88. The van der Waals surface area contributed by atoms with Crippen LogP contribution in [-0.4, -0.2) is 59.2 Å². The second-order valence-electron chi connectivity index (χ2n) is 9.98. The fourth-order valence-electron chi connectivity index (χ4n) is 4.90. The number of benzene rings is 2. The molecule has 1 heterocycles. The van der Waals surface area contributed by atoms with E-state index in [0.29, 0.717) is 42.5 Å². The average molecular weight is 565 g/mol. The van der Waals surface area contributed by atoms with Gasteiger partial charge in [-0.3, -0.25) is 14.6 Å². The van der Waals surface area contributed by atoms with E-state index in [4.69, 9.17) is 0 Å². The molecule has 3 aromatic rings. The summed E-state index contributed by atoms with van der Waals surface area (Å²) in [5.41, 5.74) is 1.11. The van der Waals surface area contributed by atoms with Crippen molar-refractivity contribution in [2.45, 2.75) is 55.5 Å². The fraction of sp³-hybridized carbons (Fsp3) is 0.310. The van der Waals surface area contributed by atoms with Crippen LogP contribution in [0.5, 0.6) is 0 Å². The van der Waals surface area contributed by atoms with Crippen molar-refractivity contribution >= 4 is 33.5 Å². The number of pyridine rings is 1. The Morgan fingerprint density at radius 3 is 2.15 bits per heavy atom. The molecule has 210 valence electrons. The number of aliphatic carboxylic acids is 1. The van der Waals surface area contributed by atoms with Gasteiger partial charge in [0.05, 0.1) is 4.90 Å². The Kier molecular flexibility index (Phi) is 8.65. The number of carbonyl (C=O) groups is 3. The predicted octanol–water partition coefficient (Wildman–Crippen LogP) is 3.39. The number of carboxylic acid groups (broad SMARTS) is 1. The van der Waals surface area contributed by atoms with Crippen LogP contribution < -0.4 is 10.6 Å². The molecule has 40 heavy (non-hydrogen) atoms. The minimum Gasteiger partial charge on any atom is -0.480 e. The van der Waals surface area contributed by atoms with Crippen LogP contribution in [0.25, 0.3) is 0 Å². The maximum absolute atomic E-state index is 13.6. The van der Waals surface area contributed by atoms with Gasteiger partial charge in [-0.25, -0.2) is 13.2 Å². The number of likely N-dealkylation sites (N-methyl/N-ethyl adjacent to an activating group) is 1. The summed E-state index contributed by atoms with van der Waals surface area (Å²) >= 11 is 0. The molecule has 3 N–H and O–H groups in total. The summed E-state index contributed by atoms with van der Waals surface area (Å²) in [6.45, 7) is 1.85. The molecule has 1 aliphatic carbocycles. The zero-order chi connectivity index (χ0) is 28.9. The number of nitrogens with one attached hydrogen (secondary N) is 2. The van der Waals surface area contributed by atoms with Crippen molar-refractivity contribution in [1.29, 1.82) is 0 Å². The zero-order valence-electron chi connectivity index (χ0n) is 22.3. The predicted molar refractivity (Wildman–Crippen MR) is 149 cm³/mol. The van der Waals surface area contributed by atoms with Gasteiger partial charge in [-0.1, -0.05) is 42.7 Å². The van der Waals surface area contributed by atoms with Crippen molar-refractivity contribution < 1.29 is 27.9 Å². The number of aromatic nitrogens is 1. The number of rotatable bonds is 10. The van der Waals surface area contributed by atoms with Gasteiger partial charge in [-0.2, -0.15) is 4.31 Å². The van der Waals surface area contributed by atoms with Crippen LogP contribution in [0, 0.1) is 6.92 Å². The number of aryl methyl sites for hydroxylation is 1. The van der Waals surface area contributed by atoms with Crippen LogP contribution in [-0.2, 0) is 26.0 Å². The van der Waals surface area contributed by atoms with Crippen molar-refractivity contribution in [2.75, 3.05) is 12.4 Å². The zero-order valence-corrected chi connectivity index (χ0v) is 23.1. The van der Waals surface area contributed by atoms with E-state index in [1.165, 1.54) is 31.6 Å². The van der Waals surface area contributed by atoms with Crippen molar-refractivity contribution in [2.24, 2.45) is 0 Å². The first-order valence-electron chi connectivity index (χ1n) is 12.9. The first-order valence-corrected chi connectivity index (χ1v) is 14.4. The van der Waals surface area contributed by atoms with Crippen molar-refractivity contribution in [3.63, 3.8) is 0 Å². The Morgan fingerprint density at radius 2 is 1.57 bits per heavy atom. The quantitative estimate of drug-likeness (QED) is 0.342. The maximum Gasteiger partial charge on any atom is 0.326 e. The van der Waals surface area contributed by atoms with Crippen molar-refractivity contribution in [3.8, 4) is 0 Å². The molecule has 0 bridgehead atoms. The Balaban J connectivity index is 1.48. The largest absolute Gasteiger partial charge is 0.480 e. The number of hydrogen-bond donors (Lipinski definition) is 3. The van der Waals surface area contributed by atoms with E-state index in [2.05, 4.69) is 15.6 Å². The Hall–Kier alpha value is -4.09. The van der Waals surface area contributed by atoms with Crippen molar-refractivity contribution in [3.05, 3.63) is 89.7 Å². The maximum atomic E-state index is 13.6. The van der Waals surface area contributed by atoms with Gasteiger partial charge in [0, 0.05) is 37.1 Å². The molecule has 0 radical (unpaired) electrons. The minimum absolute atomic E-state index is 0.0236. The molecular weight excluding hydrogens is 532 g/mol. The van der Waals surface area contributed by atoms with Crippen LogP contribution in [0.2, 0.25) is 0 Å². The van der Waals surface area contributed by atoms with Crippen LogP contribution in [0.4, 0.5) is 5.69 Å². The lowest BCUT2D eigenvalue weighted by molar-refractivity contribution is -0.143. The molecule has 1 aromatic heterocycles. The van der Waals surface area contributed by atoms with Gasteiger partial charge >= 0.3 is 5.97 Å². The van der Waals surface area contributed by atoms with E-state index < -0.39 is 33.5 Å². The minimum atomic E-state index is -4.01. The van der Waals surface area contributed by atoms with Gasteiger partial charge in [-0.05, 0) is 61.7 Å². The van der Waals surface area contributed by atoms with E-state index in [-0.39, 0.29) is 17.2 Å². The molecule has 2 aromatic carbocycles. The summed E-state index contributed by atoms with van der Waals surface area (Å²) in [4.78, 5) is 42.1. The molecule has 4 rings (SSSR count). The molecule has 0 spiro atoms. The van der Waals surface area contributed by atoms with Gasteiger partial charge in [0.15, 0.2) is 0 Å². The number of hydrogen-bond acceptors (Lipinski definition) is 6. The van der Waals surface area contributed by atoms with Gasteiger partial charge in [0.2, 0.25) is 15.9 Å². The topological polar surface area (TPSA) is 146 Å². The van der Waals surface area contributed by atoms with Gasteiger partial charge in [0.1, 0.15) is 11.6 Å². The normalized spacial score (nSPS) is 15.4. The highest BCUT2D eigenvalue weighted by atomic mass is 32.2. The van der Waals surface area contributed by atoms with Crippen LogP contribution in [0.3, 0.4) is 0 Å². The van der Waals surface area contributed by atoms with Gasteiger partial charge in [0.25, 0.3) is 5.91 Å². The second-order valence-corrected chi connectivity index (χ2v) is 11.9. The number of amides is 2. The molecule has 0 aliphatic heterocycles. The van der Waals surface area contributed by atoms with E-state index in [1.54, 1.807) is 48.5 Å². The van der Waals surface area contributed by atoms with Crippen molar-refractivity contribution in [1.82, 2.24) is 14.6 Å². The molecule has 10 nitrogen and oxygen atoms in total. The van der Waals surface area contributed by atoms with E-state index in [9.17, 15) is 27.9 Å². The number of nitrogens with zero attached hydrogens (tertiary/aromatic N) is 2. The second kappa shape index (κ2) is 12.0. The molecule has 11 heteroatoms. The summed E-state index contributed by atoms with van der Waals surface area (Å²) in [7, 11) is -2.62.